The van der Waals surface area contributed by atoms with E-state index in [1.54, 1.807) is 0 Å². The predicted molar refractivity (Wildman–Crippen MR) is 235 cm³/mol. The summed E-state index contributed by atoms with van der Waals surface area (Å²) in [5, 5.41) is 8.05. The molecule has 0 heterocycles. The van der Waals surface area contributed by atoms with Crippen molar-refractivity contribution in [1.29, 1.82) is 0 Å². The summed E-state index contributed by atoms with van der Waals surface area (Å²) in [5.74, 6) is 4.99. The van der Waals surface area contributed by atoms with Crippen LogP contribution in [0.3, 0.4) is 0 Å². The van der Waals surface area contributed by atoms with Crippen molar-refractivity contribution in [2.75, 3.05) is 19.6 Å². The monoisotopic (exact) mass is 719 g/mol. The van der Waals surface area contributed by atoms with Crippen LogP contribution in [0.1, 0.15) is 239 Å². The van der Waals surface area contributed by atoms with Crippen LogP contribution in [-0.4, -0.2) is 25.7 Å². The van der Waals surface area contributed by atoms with Gasteiger partial charge < -0.3 is 10.6 Å². The van der Waals surface area contributed by atoms with Crippen LogP contribution >= 0.6 is 0 Å². The summed E-state index contributed by atoms with van der Waals surface area (Å²) >= 11 is 0. The molecule has 0 aromatic heterocycles. The zero-order chi connectivity index (χ0) is 38.9. The van der Waals surface area contributed by atoms with Gasteiger partial charge >= 0.3 is 0 Å². The maximum Gasteiger partial charge on any atom is 0.0192 e. The highest BCUT2D eigenvalue weighted by molar-refractivity contribution is 4.95. The lowest BCUT2D eigenvalue weighted by Gasteiger charge is -2.52. The van der Waals surface area contributed by atoms with Crippen LogP contribution in [0.25, 0.3) is 0 Å². The first kappa shape index (κ1) is 50.9. The molecule has 0 saturated heterocycles. The number of unbranched alkanes of at least 4 members (excludes halogenated alkanes) is 5. The van der Waals surface area contributed by atoms with Gasteiger partial charge in [-0.3, -0.25) is 0 Å². The Labute approximate surface area is 325 Å². The Bertz CT molecular complexity index is 787. The highest BCUT2D eigenvalue weighted by Crippen LogP contribution is 2.54. The van der Waals surface area contributed by atoms with Gasteiger partial charge in [-0.15, -0.1) is 0 Å². The fourth-order valence-electron chi connectivity index (χ4n) is 10.2. The van der Waals surface area contributed by atoms with Crippen molar-refractivity contribution in [3.05, 3.63) is 0 Å². The molecule has 308 valence electrons. The second-order valence-electron chi connectivity index (χ2n) is 19.6. The first-order valence-corrected chi connectivity index (χ1v) is 23.6. The van der Waals surface area contributed by atoms with E-state index in [9.17, 15) is 0 Å². The van der Waals surface area contributed by atoms with Crippen molar-refractivity contribution in [1.82, 2.24) is 10.6 Å². The minimum Gasteiger partial charge on any atom is -0.315 e. The van der Waals surface area contributed by atoms with Gasteiger partial charge in [0.2, 0.25) is 0 Å². The molecule has 0 aliphatic carbocycles. The molecule has 0 aliphatic heterocycles. The van der Waals surface area contributed by atoms with Crippen LogP contribution in [-0.2, 0) is 0 Å². The fraction of sp³-hybridized carbons (Fsp3) is 1.00. The Hall–Kier alpha value is -0.0800. The van der Waals surface area contributed by atoms with Gasteiger partial charge in [-0.1, -0.05) is 194 Å². The van der Waals surface area contributed by atoms with E-state index < -0.39 is 0 Å². The van der Waals surface area contributed by atoms with Crippen molar-refractivity contribution in [3.63, 3.8) is 0 Å². The van der Waals surface area contributed by atoms with Crippen LogP contribution in [0.15, 0.2) is 0 Å². The molecule has 0 spiro atoms. The van der Waals surface area contributed by atoms with Gasteiger partial charge in [0.15, 0.2) is 0 Å². The van der Waals surface area contributed by atoms with Crippen molar-refractivity contribution >= 4 is 0 Å². The van der Waals surface area contributed by atoms with Gasteiger partial charge in [0.25, 0.3) is 0 Å². The Morgan fingerprint density at radius 2 is 1.20 bits per heavy atom. The number of rotatable bonds is 35. The van der Waals surface area contributed by atoms with E-state index in [4.69, 9.17) is 0 Å². The molecule has 7 unspecified atom stereocenters. The van der Waals surface area contributed by atoms with Crippen molar-refractivity contribution in [2.24, 2.45) is 51.8 Å². The fourth-order valence-corrected chi connectivity index (χ4v) is 10.2. The summed E-state index contributed by atoms with van der Waals surface area (Å²) in [6.07, 6.45) is 28.4. The minimum absolute atomic E-state index is 0.391. The molecular formula is C49H102N2. The van der Waals surface area contributed by atoms with Crippen LogP contribution in [0.4, 0.5) is 0 Å². The van der Waals surface area contributed by atoms with Gasteiger partial charge in [-0.25, -0.2) is 0 Å². The second kappa shape index (κ2) is 28.3. The maximum absolute atomic E-state index is 4.14. The summed E-state index contributed by atoms with van der Waals surface area (Å²) in [6, 6.07) is 0.607. The molecule has 0 fully saturated rings. The quantitative estimate of drug-likeness (QED) is 0.0638. The Balaban J connectivity index is 4.91. The van der Waals surface area contributed by atoms with Crippen molar-refractivity contribution < 1.29 is 0 Å². The molecule has 2 heteroatoms. The number of nitrogens with one attached hydrogen (secondary N) is 2. The van der Waals surface area contributed by atoms with E-state index >= 15 is 0 Å². The third kappa shape index (κ3) is 19.4. The molecule has 2 N–H and O–H groups in total. The summed E-state index contributed by atoms with van der Waals surface area (Å²) < 4.78 is 0. The molecule has 0 rings (SSSR count). The van der Waals surface area contributed by atoms with Crippen molar-refractivity contribution in [3.8, 4) is 0 Å². The average Bonchev–Trinajstić information content (AvgIpc) is 3.11. The number of hydrogen-bond acceptors (Lipinski definition) is 2. The van der Waals surface area contributed by atoms with Gasteiger partial charge in [-0.2, -0.15) is 0 Å². The molecule has 0 radical (unpaired) electrons. The van der Waals surface area contributed by atoms with Gasteiger partial charge in [0, 0.05) is 12.6 Å². The van der Waals surface area contributed by atoms with Gasteiger partial charge in [-0.05, 0) is 110 Å². The second-order valence-corrected chi connectivity index (χ2v) is 19.6. The lowest BCUT2D eigenvalue weighted by atomic mass is 9.53. The van der Waals surface area contributed by atoms with Gasteiger partial charge in [0.1, 0.15) is 0 Å². The highest BCUT2D eigenvalue weighted by atomic mass is 15.0. The SMILES string of the molecule is CCCC[C@@H](CNCCCCCCCC(C)(C)C(C)(CC)C(CC)C(C)CC(CC)CCC)NCC(C(C)CCC(C)(C)CC)C(CC)CCC. The zero-order valence-electron chi connectivity index (χ0n) is 38.5. The molecule has 2 nitrogen and oxygen atoms in total. The van der Waals surface area contributed by atoms with Crippen LogP contribution in [0, 0.1) is 51.8 Å². The normalized spacial score (nSPS) is 18.2. The predicted octanol–water partition coefficient (Wildman–Crippen LogP) is 15.7. The first-order valence-electron chi connectivity index (χ1n) is 23.6. The molecule has 0 aliphatic rings. The van der Waals surface area contributed by atoms with Crippen LogP contribution in [0.2, 0.25) is 0 Å². The molecule has 0 saturated carbocycles. The zero-order valence-corrected chi connectivity index (χ0v) is 38.5. The lowest BCUT2D eigenvalue weighted by molar-refractivity contribution is -0.0253. The largest absolute Gasteiger partial charge is 0.315 e. The Morgan fingerprint density at radius 1 is 0.549 bits per heavy atom. The topological polar surface area (TPSA) is 24.1 Å². The van der Waals surface area contributed by atoms with E-state index in [1.807, 2.05) is 0 Å². The lowest BCUT2D eigenvalue weighted by Crippen LogP contribution is -2.44. The Kier molecular flexibility index (Phi) is 28.3. The maximum atomic E-state index is 4.14. The van der Waals surface area contributed by atoms with Crippen molar-refractivity contribution in [2.45, 2.75) is 245 Å². The molecule has 8 atom stereocenters. The van der Waals surface area contributed by atoms with Crippen LogP contribution in [0.5, 0.6) is 0 Å². The molecule has 0 aromatic rings. The minimum atomic E-state index is 0.391. The van der Waals surface area contributed by atoms with E-state index in [-0.39, 0.29) is 0 Å². The van der Waals surface area contributed by atoms with E-state index in [0.29, 0.717) is 22.3 Å². The van der Waals surface area contributed by atoms with E-state index in [0.717, 1.165) is 42.1 Å². The summed E-state index contributed by atoms with van der Waals surface area (Å²) in [4.78, 5) is 0. The summed E-state index contributed by atoms with van der Waals surface area (Å²) in [7, 11) is 0. The van der Waals surface area contributed by atoms with Crippen LogP contribution < -0.4 is 10.6 Å². The molecule has 0 bridgehead atoms. The average molecular weight is 719 g/mol. The molecule has 0 aromatic carbocycles. The molecule has 51 heavy (non-hydrogen) atoms. The summed E-state index contributed by atoms with van der Waals surface area (Å²) in [6.45, 7) is 40.8. The standard InChI is InChI=1S/C49H102N2/c1-16-24-32-44(51-39-45(43(20-5)31-18-3)40(9)33-35-47(11,12)22-7)38-50-36-29-27-25-26-28-34-48(13,14)49(15,23-8)46(21-6)41(10)37-42(19-4)30-17-2/h40-46,50-51H,16-39H2,1-15H3/t40?,41?,42?,43?,44-,45?,46?,49?/m0/s1. The third-order valence-corrected chi connectivity index (χ3v) is 15.1. The summed E-state index contributed by atoms with van der Waals surface area (Å²) in [5.41, 5.74) is 1.28. The smallest absolute Gasteiger partial charge is 0.0192 e. The van der Waals surface area contributed by atoms with E-state index in [2.05, 4.69) is 114 Å². The first-order chi connectivity index (χ1) is 24.2. The van der Waals surface area contributed by atoms with E-state index in [1.165, 1.54) is 148 Å². The molecular weight excluding hydrogens is 617 g/mol. The van der Waals surface area contributed by atoms with Gasteiger partial charge in [0.05, 0.1) is 0 Å². The Morgan fingerprint density at radius 3 is 1.75 bits per heavy atom. The molecule has 0 amide bonds. The highest BCUT2D eigenvalue weighted by Gasteiger charge is 2.46. The third-order valence-electron chi connectivity index (χ3n) is 15.1. The number of hydrogen-bond donors (Lipinski definition) is 2.